The first kappa shape index (κ1) is 18.1. The minimum atomic E-state index is -2.61. The predicted octanol–water partition coefficient (Wildman–Crippen LogP) is 4.07. The number of hydrogen-bond acceptors (Lipinski definition) is 2. The fourth-order valence-electron chi connectivity index (χ4n) is 3.41. The molecule has 0 unspecified atom stereocenters. The van der Waals surface area contributed by atoms with Gasteiger partial charge in [0.25, 0.3) is 0 Å². The van der Waals surface area contributed by atoms with Crippen LogP contribution in [0.1, 0.15) is 69.0 Å². The molecule has 3 rings (SSSR count). The van der Waals surface area contributed by atoms with Gasteiger partial charge in [0.2, 0.25) is 5.92 Å². The van der Waals surface area contributed by atoms with E-state index >= 15 is 0 Å². The van der Waals surface area contributed by atoms with E-state index in [1.807, 2.05) is 0 Å². The Morgan fingerprint density at radius 3 is 2.44 bits per heavy atom. The van der Waals surface area contributed by atoms with Crippen molar-refractivity contribution in [3.63, 3.8) is 0 Å². The van der Waals surface area contributed by atoms with Crippen molar-refractivity contribution in [2.75, 3.05) is 11.9 Å². The van der Waals surface area contributed by atoms with Gasteiger partial charge in [0.05, 0.1) is 12.2 Å². The molecule has 2 saturated carbocycles. The van der Waals surface area contributed by atoms with Crippen LogP contribution < -0.4 is 10.6 Å². The molecule has 0 spiro atoms. The molecule has 2 aliphatic rings. The van der Waals surface area contributed by atoms with Crippen molar-refractivity contribution >= 4 is 11.8 Å². The van der Waals surface area contributed by atoms with Gasteiger partial charge in [-0.05, 0) is 32.6 Å². The van der Waals surface area contributed by atoms with Crippen molar-refractivity contribution in [3.8, 4) is 0 Å². The van der Waals surface area contributed by atoms with E-state index in [-0.39, 0.29) is 31.2 Å². The highest BCUT2D eigenvalue weighted by atomic mass is 19.3. The lowest BCUT2D eigenvalue weighted by atomic mass is 9.73. The Hall–Kier alpha value is -1.73. The van der Waals surface area contributed by atoms with Crippen molar-refractivity contribution in [2.45, 2.75) is 69.4 Å². The molecule has 0 aromatic carbocycles. The van der Waals surface area contributed by atoms with Gasteiger partial charge in [-0.25, -0.2) is 18.0 Å². The largest absolute Gasteiger partial charge is 0.335 e. The lowest BCUT2D eigenvalue weighted by molar-refractivity contribution is -0.0879. The first-order valence-corrected chi connectivity index (χ1v) is 8.74. The molecule has 1 aromatic rings. The van der Waals surface area contributed by atoms with Gasteiger partial charge in [-0.2, -0.15) is 5.10 Å². The zero-order valence-corrected chi connectivity index (χ0v) is 14.8. The minimum Gasteiger partial charge on any atom is -0.335 e. The van der Waals surface area contributed by atoms with Gasteiger partial charge in [-0.3, -0.25) is 10.00 Å². The maximum absolute atomic E-state index is 13.5. The number of nitrogens with zero attached hydrogens (tertiary/aromatic N) is 2. The van der Waals surface area contributed by atoms with Crippen molar-refractivity contribution in [1.82, 2.24) is 15.1 Å². The third-order valence-electron chi connectivity index (χ3n) is 5.00. The Balaban J connectivity index is 1.78. The van der Waals surface area contributed by atoms with Crippen LogP contribution in [0.2, 0.25) is 0 Å². The Kier molecular flexibility index (Phi) is 4.49. The first-order valence-electron chi connectivity index (χ1n) is 8.74. The van der Waals surface area contributed by atoms with Crippen molar-refractivity contribution < 1.29 is 18.0 Å². The number of alkyl halides is 3. The fourth-order valence-corrected chi connectivity index (χ4v) is 3.41. The summed E-state index contributed by atoms with van der Waals surface area (Å²) in [6, 6.07) is -0.514. The second-order valence-electron chi connectivity index (χ2n) is 7.89. The standard InChI is InChI=1S/C17H25F3N4O/c1-16(2,18)9-21-15(25)22-14-12(10-5-4-6-10)13(23-24(14)3)11-7-17(19,20)8-11/h10-11H,4-9H2,1-3H3,(H2,21,22,25). The second-order valence-corrected chi connectivity index (χ2v) is 7.89. The molecular formula is C17H25F3N4O. The molecule has 1 heterocycles. The topological polar surface area (TPSA) is 59.0 Å². The smallest absolute Gasteiger partial charge is 0.320 e. The SMILES string of the molecule is Cn1nc(C2CC(F)(F)C2)c(C2CCC2)c1NC(=O)NCC(C)(C)F. The summed E-state index contributed by atoms with van der Waals surface area (Å²) in [5.41, 5.74) is 0.0478. The van der Waals surface area contributed by atoms with Crippen LogP contribution in [0, 0.1) is 0 Å². The lowest BCUT2D eigenvalue weighted by Crippen LogP contribution is -2.38. The Morgan fingerprint density at radius 1 is 1.32 bits per heavy atom. The first-order chi connectivity index (χ1) is 11.6. The number of anilines is 1. The van der Waals surface area contributed by atoms with Crippen molar-refractivity contribution in [2.24, 2.45) is 7.05 Å². The molecule has 140 valence electrons. The quantitative estimate of drug-likeness (QED) is 0.834. The van der Waals surface area contributed by atoms with Crippen LogP contribution in [0.5, 0.6) is 0 Å². The monoisotopic (exact) mass is 358 g/mol. The summed E-state index contributed by atoms with van der Waals surface area (Å²) in [6.07, 6.45) is 2.64. The van der Waals surface area contributed by atoms with Gasteiger partial charge in [-0.1, -0.05) is 6.42 Å². The zero-order valence-electron chi connectivity index (χ0n) is 14.8. The van der Waals surface area contributed by atoms with E-state index < -0.39 is 17.6 Å². The van der Waals surface area contributed by atoms with E-state index in [0.29, 0.717) is 11.5 Å². The van der Waals surface area contributed by atoms with Crippen LogP contribution in [0.3, 0.4) is 0 Å². The van der Waals surface area contributed by atoms with Crippen molar-refractivity contribution in [3.05, 3.63) is 11.3 Å². The summed E-state index contributed by atoms with van der Waals surface area (Å²) >= 11 is 0. The Labute approximate surface area is 145 Å². The van der Waals surface area contributed by atoms with Crippen LogP contribution in [-0.4, -0.2) is 33.9 Å². The van der Waals surface area contributed by atoms with Gasteiger partial charge in [-0.15, -0.1) is 0 Å². The second kappa shape index (κ2) is 6.21. The van der Waals surface area contributed by atoms with Crippen molar-refractivity contribution in [1.29, 1.82) is 0 Å². The Bertz CT molecular complexity index is 654. The van der Waals surface area contributed by atoms with Crippen LogP contribution in [-0.2, 0) is 7.05 Å². The van der Waals surface area contributed by atoms with Crippen LogP contribution in [0.25, 0.3) is 0 Å². The summed E-state index contributed by atoms with van der Waals surface area (Å²) in [4.78, 5) is 12.1. The minimum absolute atomic E-state index is 0.114. The molecule has 2 amide bonds. The normalized spacial score (nSPS) is 20.7. The molecule has 0 saturated heterocycles. The number of nitrogens with one attached hydrogen (secondary N) is 2. The number of aromatic nitrogens is 2. The van der Waals surface area contributed by atoms with Crippen LogP contribution >= 0.6 is 0 Å². The molecule has 1 aromatic heterocycles. The highest BCUT2D eigenvalue weighted by Crippen LogP contribution is 2.52. The highest BCUT2D eigenvalue weighted by Gasteiger charge is 2.49. The van der Waals surface area contributed by atoms with E-state index in [9.17, 15) is 18.0 Å². The Morgan fingerprint density at radius 2 is 1.96 bits per heavy atom. The molecule has 2 fully saturated rings. The van der Waals surface area contributed by atoms with E-state index in [1.54, 1.807) is 11.7 Å². The third-order valence-corrected chi connectivity index (χ3v) is 5.00. The number of halogens is 3. The summed E-state index contributed by atoms with van der Waals surface area (Å²) in [5.74, 6) is -2.10. The number of urea groups is 1. The number of carbonyl (C=O) groups excluding carboxylic acids is 1. The zero-order chi connectivity index (χ0) is 18.4. The molecule has 25 heavy (non-hydrogen) atoms. The average molecular weight is 358 g/mol. The lowest BCUT2D eigenvalue weighted by Gasteiger charge is -2.36. The molecular weight excluding hydrogens is 333 g/mol. The molecule has 8 heteroatoms. The number of amides is 2. The summed E-state index contributed by atoms with van der Waals surface area (Å²) in [6.45, 7) is 2.65. The maximum Gasteiger partial charge on any atom is 0.320 e. The maximum atomic E-state index is 13.5. The summed E-state index contributed by atoms with van der Waals surface area (Å²) in [7, 11) is 1.69. The van der Waals surface area contributed by atoms with Gasteiger partial charge in [0.15, 0.2) is 0 Å². The number of carbonyl (C=O) groups is 1. The van der Waals surface area contributed by atoms with E-state index in [4.69, 9.17) is 0 Å². The van der Waals surface area contributed by atoms with E-state index in [1.165, 1.54) is 13.8 Å². The average Bonchev–Trinajstić information content (AvgIpc) is 2.69. The van der Waals surface area contributed by atoms with Gasteiger partial charge in [0.1, 0.15) is 11.5 Å². The number of aryl methyl sites for hydroxylation is 1. The predicted molar refractivity (Wildman–Crippen MR) is 88.9 cm³/mol. The molecule has 0 atom stereocenters. The third kappa shape index (κ3) is 3.93. The number of hydrogen-bond donors (Lipinski definition) is 2. The molecule has 2 N–H and O–H groups in total. The van der Waals surface area contributed by atoms with Gasteiger partial charge in [0, 0.05) is 31.4 Å². The fraction of sp³-hybridized carbons (Fsp3) is 0.765. The highest BCUT2D eigenvalue weighted by molar-refractivity contribution is 5.89. The molecule has 5 nitrogen and oxygen atoms in total. The molecule has 0 aliphatic heterocycles. The number of rotatable bonds is 5. The van der Waals surface area contributed by atoms with Gasteiger partial charge < -0.3 is 5.32 Å². The van der Waals surface area contributed by atoms with Gasteiger partial charge >= 0.3 is 6.03 Å². The van der Waals surface area contributed by atoms with Crippen LogP contribution in [0.4, 0.5) is 23.8 Å². The van der Waals surface area contributed by atoms with Crippen LogP contribution in [0.15, 0.2) is 0 Å². The summed E-state index contributed by atoms with van der Waals surface area (Å²) < 4.78 is 41.6. The summed E-state index contributed by atoms with van der Waals surface area (Å²) in [5, 5.41) is 9.66. The molecule has 2 aliphatic carbocycles. The molecule has 0 bridgehead atoms. The van der Waals surface area contributed by atoms with E-state index in [0.717, 1.165) is 24.8 Å². The molecule has 0 radical (unpaired) electrons. The van der Waals surface area contributed by atoms with E-state index in [2.05, 4.69) is 15.7 Å².